The maximum absolute atomic E-state index is 11.7. The highest BCUT2D eigenvalue weighted by atomic mass is 35.5. The number of quaternary nitrogens is 1. The number of halogens is 1. The smallest absolute Gasteiger partial charge is 0.226 e. The van der Waals surface area contributed by atoms with Gasteiger partial charge in [0.1, 0.15) is 6.54 Å². The lowest BCUT2D eigenvalue weighted by molar-refractivity contribution is -0.878. The van der Waals surface area contributed by atoms with E-state index in [2.05, 4.69) is 0 Å². The summed E-state index contributed by atoms with van der Waals surface area (Å²) < 4.78 is 0.699. The largest absolute Gasteiger partial charge is 0.328 e. The van der Waals surface area contributed by atoms with Gasteiger partial charge in [-0.1, -0.05) is 11.6 Å². The van der Waals surface area contributed by atoms with Gasteiger partial charge < -0.3 is 4.90 Å². The van der Waals surface area contributed by atoms with Gasteiger partial charge in [0, 0.05) is 12.8 Å². The summed E-state index contributed by atoms with van der Waals surface area (Å²) in [5, 5.41) is 0. The lowest BCUT2D eigenvalue weighted by Gasteiger charge is -2.09. The Morgan fingerprint density at radius 3 is 2.71 bits per heavy atom. The number of thiophene rings is 1. The molecule has 4 heteroatoms. The Kier molecular flexibility index (Phi) is 3.21. The van der Waals surface area contributed by atoms with Gasteiger partial charge in [0.15, 0.2) is 0 Å². The van der Waals surface area contributed by atoms with Crippen molar-refractivity contribution in [1.82, 2.24) is 0 Å². The van der Waals surface area contributed by atoms with Crippen molar-refractivity contribution in [1.29, 1.82) is 0 Å². The number of Topliss-reactive ketones (excluding diaryl/α,β-unsaturated/α-hetero) is 1. The number of nitrogens with one attached hydrogen (secondary N) is 1. The van der Waals surface area contributed by atoms with Crippen LogP contribution in [0.1, 0.15) is 22.5 Å². The van der Waals surface area contributed by atoms with Gasteiger partial charge >= 0.3 is 0 Å². The van der Waals surface area contributed by atoms with Crippen molar-refractivity contribution in [2.45, 2.75) is 12.8 Å². The molecule has 2 rings (SSSR count). The Bertz CT molecular complexity index is 331. The predicted octanol–water partition coefficient (Wildman–Crippen LogP) is 1.26. The monoisotopic (exact) mass is 230 g/mol. The molecule has 0 aliphatic carbocycles. The minimum atomic E-state index is 0.235. The van der Waals surface area contributed by atoms with E-state index in [0.717, 1.165) is 18.0 Å². The summed E-state index contributed by atoms with van der Waals surface area (Å²) >= 11 is 7.16. The van der Waals surface area contributed by atoms with Crippen molar-refractivity contribution >= 4 is 28.7 Å². The highest BCUT2D eigenvalue weighted by Crippen LogP contribution is 2.21. The van der Waals surface area contributed by atoms with Gasteiger partial charge in [-0.2, -0.15) is 0 Å². The van der Waals surface area contributed by atoms with Crippen molar-refractivity contribution in [3.05, 3.63) is 21.3 Å². The Morgan fingerprint density at radius 1 is 1.43 bits per heavy atom. The van der Waals surface area contributed by atoms with E-state index in [1.54, 1.807) is 6.07 Å². The van der Waals surface area contributed by atoms with Gasteiger partial charge in [0.25, 0.3) is 0 Å². The molecule has 1 aromatic rings. The summed E-state index contributed by atoms with van der Waals surface area (Å²) in [7, 11) is 0. The van der Waals surface area contributed by atoms with E-state index in [1.807, 2.05) is 6.07 Å². The molecule has 76 valence electrons. The topological polar surface area (TPSA) is 21.5 Å². The summed E-state index contributed by atoms with van der Waals surface area (Å²) in [4.78, 5) is 14.0. The lowest BCUT2D eigenvalue weighted by atomic mass is 10.3. The van der Waals surface area contributed by atoms with Crippen LogP contribution in [0.25, 0.3) is 0 Å². The molecule has 2 nitrogen and oxygen atoms in total. The number of likely N-dealkylation sites (tertiary alicyclic amines) is 1. The molecule has 0 spiro atoms. The molecule has 1 aliphatic heterocycles. The molecule has 1 N–H and O–H groups in total. The number of hydrogen-bond donors (Lipinski definition) is 1. The molecule has 2 heterocycles. The molecular weight excluding hydrogens is 218 g/mol. The van der Waals surface area contributed by atoms with Crippen LogP contribution in [0.3, 0.4) is 0 Å². The molecule has 1 saturated heterocycles. The van der Waals surface area contributed by atoms with Crippen LogP contribution in [0.4, 0.5) is 0 Å². The molecule has 0 amide bonds. The molecule has 1 aromatic heterocycles. The fraction of sp³-hybridized carbons (Fsp3) is 0.500. The zero-order valence-corrected chi connectivity index (χ0v) is 9.46. The highest BCUT2D eigenvalue weighted by molar-refractivity contribution is 7.18. The fourth-order valence-corrected chi connectivity index (χ4v) is 2.81. The van der Waals surface area contributed by atoms with E-state index in [1.165, 1.54) is 29.1 Å². The molecule has 0 radical (unpaired) electrons. The maximum atomic E-state index is 11.7. The molecule has 0 aromatic carbocycles. The molecular formula is C10H13ClNOS+. The molecule has 0 bridgehead atoms. The van der Waals surface area contributed by atoms with Crippen molar-refractivity contribution in [2.24, 2.45) is 0 Å². The summed E-state index contributed by atoms with van der Waals surface area (Å²) in [5.74, 6) is 0.235. The molecule has 0 unspecified atom stereocenters. The van der Waals surface area contributed by atoms with Crippen LogP contribution in [0.15, 0.2) is 12.1 Å². The van der Waals surface area contributed by atoms with E-state index >= 15 is 0 Å². The number of carbonyl (C=O) groups is 1. The SMILES string of the molecule is O=C(C[NH+]1CCCC1)c1ccc(Cl)s1. The molecule has 1 fully saturated rings. The minimum Gasteiger partial charge on any atom is -0.328 e. The average molecular weight is 231 g/mol. The molecule has 14 heavy (non-hydrogen) atoms. The number of carbonyl (C=O) groups excluding carboxylic acids is 1. The standard InChI is InChI=1S/C10H12ClNOS/c11-10-4-3-9(14-10)8(13)7-12-5-1-2-6-12/h3-4H,1-2,5-7H2/p+1. The first-order valence-corrected chi connectivity index (χ1v) is 6.07. The third-order valence-corrected chi connectivity index (χ3v) is 3.84. The summed E-state index contributed by atoms with van der Waals surface area (Å²) in [6.07, 6.45) is 2.52. The number of hydrogen-bond acceptors (Lipinski definition) is 2. The van der Waals surface area contributed by atoms with Gasteiger partial charge in [-0.05, 0) is 12.1 Å². The van der Waals surface area contributed by atoms with E-state index in [9.17, 15) is 4.79 Å². The van der Waals surface area contributed by atoms with Crippen LogP contribution in [0, 0.1) is 0 Å². The summed E-state index contributed by atoms with van der Waals surface area (Å²) in [5.41, 5.74) is 0. The fourth-order valence-electron chi connectivity index (χ4n) is 1.83. The maximum Gasteiger partial charge on any atom is 0.226 e. The first-order chi connectivity index (χ1) is 6.75. The van der Waals surface area contributed by atoms with E-state index in [0.29, 0.717) is 10.9 Å². The number of rotatable bonds is 3. The second-order valence-corrected chi connectivity index (χ2v) is 5.38. The minimum absolute atomic E-state index is 0.235. The lowest BCUT2D eigenvalue weighted by Crippen LogP contribution is -3.10. The molecule has 0 saturated carbocycles. The Balaban J connectivity index is 1.95. The Morgan fingerprint density at radius 2 is 2.14 bits per heavy atom. The van der Waals surface area contributed by atoms with E-state index < -0.39 is 0 Å². The van der Waals surface area contributed by atoms with Crippen LogP contribution in [-0.4, -0.2) is 25.4 Å². The van der Waals surface area contributed by atoms with Gasteiger partial charge in [0.05, 0.1) is 22.3 Å². The van der Waals surface area contributed by atoms with Gasteiger partial charge in [-0.3, -0.25) is 4.79 Å². The third kappa shape index (κ3) is 2.35. The zero-order chi connectivity index (χ0) is 9.97. The Labute approximate surface area is 92.5 Å². The van der Waals surface area contributed by atoms with Crippen LogP contribution < -0.4 is 4.90 Å². The molecule has 1 aliphatic rings. The highest BCUT2D eigenvalue weighted by Gasteiger charge is 2.20. The normalized spacial score (nSPS) is 17.5. The van der Waals surface area contributed by atoms with Crippen molar-refractivity contribution < 1.29 is 9.69 Å². The molecule has 0 atom stereocenters. The van der Waals surface area contributed by atoms with Crippen LogP contribution >= 0.6 is 22.9 Å². The first kappa shape index (κ1) is 10.1. The van der Waals surface area contributed by atoms with Crippen molar-refractivity contribution in [3.63, 3.8) is 0 Å². The van der Waals surface area contributed by atoms with Crippen LogP contribution in [0.5, 0.6) is 0 Å². The number of ketones is 1. The van der Waals surface area contributed by atoms with E-state index in [4.69, 9.17) is 11.6 Å². The predicted molar refractivity (Wildman–Crippen MR) is 58.5 cm³/mol. The summed E-state index contributed by atoms with van der Waals surface area (Å²) in [6, 6.07) is 3.61. The van der Waals surface area contributed by atoms with E-state index in [-0.39, 0.29) is 5.78 Å². The Hall–Kier alpha value is -0.380. The van der Waals surface area contributed by atoms with Crippen LogP contribution in [-0.2, 0) is 0 Å². The van der Waals surface area contributed by atoms with Crippen LogP contribution in [0.2, 0.25) is 4.34 Å². The van der Waals surface area contributed by atoms with Gasteiger partial charge in [-0.25, -0.2) is 0 Å². The third-order valence-electron chi connectivity index (χ3n) is 2.57. The zero-order valence-electron chi connectivity index (χ0n) is 7.88. The quantitative estimate of drug-likeness (QED) is 0.776. The van der Waals surface area contributed by atoms with Gasteiger partial charge in [-0.15, -0.1) is 11.3 Å². The van der Waals surface area contributed by atoms with Gasteiger partial charge in [0.2, 0.25) is 5.78 Å². The second kappa shape index (κ2) is 4.43. The second-order valence-electron chi connectivity index (χ2n) is 3.66. The summed E-state index contributed by atoms with van der Waals surface area (Å²) in [6.45, 7) is 2.92. The first-order valence-electron chi connectivity index (χ1n) is 4.88. The van der Waals surface area contributed by atoms with Crippen molar-refractivity contribution in [3.8, 4) is 0 Å². The average Bonchev–Trinajstić information content (AvgIpc) is 2.75. The van der Waals surface area contributed by atoms with Crippen molar-refractivity contribution in [2.75, 3.05) is 19.6 Å².